The molecule has 7 heteroatoms. The van der Waals surface area contributed by atoms with Crippen LogP contribution in [0.1, 0.15) is 24.2 Å². The molecule has 29 heavy (non-hydrogen) atoms. The summed E-state index contributed by atoms with van der Waals surface area (Å²) >= 11 is 0. The molecule has 3 aromatic rings. The zero-order valence-electron chi connectivity index (χ0n) is 16.6. The maximum atomic E-state index is 12.8. The van der Waals surface area contributed by atoms with Gasteiger partial charge in [-0.15, -0.1) is 0 Å². The molecule has 0 aliphatic carbocycles. The molecule has 0 aliphatic rings. The molecule has 1 atom stereocenters. The molecule has 0 saturated carbocycles. The van der Waals surface area contributed by atoms with Crippen molar-refractivity contribution in [3.8, 4) is 11.4 Å². The summed E-state index contributed by atoms with van der Waals surface area (Å²) in [6.07, 6.45) is 5.25. The highest BCUT2D eigenvalue weighted by atomic mass is 16.5. The summed E-state index contributed by atoms with van der Waals surface area (Å²) in [4.78, 5) is 29.5. The highest BCUT2D eigenvalue weighted by Gasteiger charge is 2.25. The highest BCUT2D eigenvalue weighted by molar-refractivity contribution is 6.02. The van der Waals surface area contributed by atoms with Gasteiger partial charge in [0.2, 0.25) is 5.91 Å². The molecule has 1 heterocycles. The molecule has 0 bridgehead atoms. The SMILES string of the molecule is COc1ccccc1C(=O)NC(C(=O)Nc1ccc(-n2ccnc2)cc1)C(C)C. The van der Waals surface area contributed by atoms with Gasteiger partial charge in [0.05, 0.1) is 19.0 Å². The van der Waals surface area contributed by atoms with Crippen molar-refractivity contribution in [2.75, 3.05) is 12.4 Å². The van der Waals surface area contributed by atoms with Crippen LogP contribution in [0.2, 0.25) is 0 Å². The summed E-state index contributed by atoms with van der Waals surface area (Å²) in [6.45, 7) is 3.77. The average molecular weight is 392 g/mol. The van der Waals surface area contributed by atoms with E-state index in [1.54, 1.807) is 36.8 Å². The van der Waals surface area contributed by atoms with Crippen molar-refractivity contribution < 1.29 is 14.3 Å². The minimum Gasteiger partial charge on any atom is -0.496 e. The summed E-state index contributed by atoms with van der Waals surface area (Å²) < 4.78 is 7.11. The van der Waals surface area contributed by atoms with Gasteiger partial charge in [0, 0.05) is 23.8 Å². The Morgan fingerprint density at radius 1 is 1.07 bits per heavy atom. The third-order valence-corrected chi connectivity index (χ3v) is 4.52. The Bertz CT molecular complexity index is 966. The van der Waals surface area contributed by atoms with Crippen LogP contribution in [0.3, 0.4) is 0 Å². The van der Waals surface area contributed by atoms with E-state index in [1.165, 1.54) is 7.11 Å². The van der Waals surface area contributed by atoms with Crippen LogP contribution in [0.4, 0.5) is 5.69 Å². The maximum Gasteiger partial charge on any atom is 0.255 e. The van der Waals surface area contributed by atoms with Gasteiger partial charge in [-0.3, -0.25) is 9.59 Å². The Hall–Kier alpha value is -3.61. The van der Waals surface area contributed by atoms with Crippen molar-refractivity contribution in [3.63, 3.8) is 0 Å². The van der Waals surface area contributed by atoms with Crippen LogP contribution < -0.4 is 15.4 Å². The van der Waals surface area contributed by atoms with Crippen molar-refractivity contribution in [3.05, 3.63) is 72.8 Å². The molecule has 2 aromatic carbocycles. The highest BCUT2D eigenvalue weighted by Crippen LogP contribution is 2.18. The van der Waals surface area contributed by atoms with Crippen molar-refractivity contribution in [2.24, 2.45) is 5.92 Å². The minimum atomic E-state index is -0.694. The van der Waals surface area contributed by atoms with Crippen molar-refractivity contribution in [1.82, 2.24) is 14.9 Å². The molecule has 0 aliphatic heterocycles. The fourth-order valence-electron chi connectivity index (χ4n) is 2.93. The minimum absolute atomic E-state index is 0.0983. The van der Waals surface area contributed by atoms with Crippen LogP contribution in [-0.2, 0) is 4.79 Å². The Labute approximate surface area is 169 Å². The summed E-state index contributed by atoms with van der Waals surface area (Å²) in [5.74, 6) is -0.271. The van der Waals surface area contributed by atoms with Crippen molar-refractivity contribution in [2.45, 2.75) is 19.9 Å². The van der Waals surface area contributed by atoms with Crippen LogP contribution in [-0.4, -0.2) is 34.5 Å². The molecule has 0 fully saturated rings. The smallest absolute Gasteiger partial charge is 0.255 e. The third kappa shape index (κ3) is 4.82. The summed E-state index contributed by atoms with van der Waals surface area (Å²) in [7, 11) is 1.51. The second-order valence-corrected chi connectivity index (χ2v) is 6.90. The van der Waals surface area contributed by atoms with Crippen LogP contribution in [0.15, 0.2) is 67.3 Å². The summed E-state index contributed by atoms with van der Waals surface area (Å²) in [5, 5.41) is 5.69. The van der Waals surface area contributed by atoms with E-state index in [0.717, 1.165) is 5.69 Å². The fourth-order valence-corrected chi connectivity index (χ4v) is 2.93. The molecular formula is C22H24N4O3. The normalized spacial score (nSPS) is 11.7. The van der Waals surface area contributed by atoms with Gasteiger partial charge in [0.25, 0.3) is 5.91 Å². The lowest BCUT2D eigenvalue weighted by atomic mass is 10.0. The van der Waals surface area contributed by atoms with E-state index in [2.05, 4.69) is 15.6 Å². The van der Waals surface area contributed by atoms with Gasteiger partial charge in [-0.05, 0) is 42.3 Å². The topological polar surface area (TPSA) is 85.2 Å². The second-order valence-electron chi connectivity index (χ2n) is 6.90. The third-order valence-electron chi connectivity index (χ3n) is 4.52. The number of carbonyl (C=O) groups excluding carboxylic acids is 2. The summed E-state index contributed by atoms with van der Waals surface area (Å²) in [6, 6.07) is 13.6. The number of rotatable bonds is 7. The number of imidazole rings is 1. The number of methoxy groups -OCH3 is 1. The number of nitrogens with zero attached hydrogens (tertiary/aromatic N) is 2. The number of para-hydroxylation sites is 1. The Balaban J connectivity index is 1.70. The standard InChI is InChI=1S/C22H24N4O3/c1-15(2)20(25-21(27)18-6-4-5-7-19(18)29-3)22(28)24-16-8-10-17(11-9-16)26-13-12-23-14-26/h4-15,20H,1-3H3,(H,24,28)(H,25,27). The predicted octanol–water partition coefficient (Wildman–Crippen LogP) is 3.27. The molecular weight excluding hydrogens is 368 g/mol. The molecule has 1 aromatic heterocycles. The number of hydrogen-bond acceptors (Lipinski definition) is 4. The van der Waals surface area contributed by atoms with E-state index in [4.69, 9.17) is 4.74 Å². The van der Waals surface area contributed by atoms with Gasteiger partial charge in [0.15, 0.2) is 0 Å². The number of carbonyl (C=O) groups is 2. The van der Waals surface area contributed by atoms with E-state index < -0.39 is 6.04 Å². The first-order valence-electron chi connectivity index (χ1n) is 9.32. The second kappa shape index (κ2) is 9.05. The lowest BCUT2D eigenvalue weighted by molar-refractivity contribution is -0.118. The van der Waals surface area contributed by atoms with Gasteiger partial charge < -0.3 is 19.9 Å². The fraction of sp³-hybridized carbons (Fsp3) is 0.227. The Morgan fingerprint density at radius 2 is 1.79 bits per heavy atom. The van der Waals surface area contributed by atoms with Gasteiger partial charge in [-0.2, -0.15) is 0 Å². The van der Waals surface area contributed by atoms with Crippen LogP contribution >= 0.6 is 0 Å². The van der Waals surface area contributed by atoms with Gasteiger partial charge in [0.1, 0.15) is 11.8 Å². The number of anilines is 1. The van der Waals surface area contributed by atoms with E-state index in [-0.39, 0.29) is 17.7 Å². The molecule has 2 amide bonds. The number of benzene rings is 2. The van der Waals surface area contributed by atoms with Crippen molar-refractivity contribution >= 4 is 17.5 Å². The van der Waals surface area contributed by atoms with E-state index >= 15 is 0 Å². The molecule has 3 rings (SSSR count). The first-order valence-corrected chi connectivity index (χ1v) is 9.32. The maximum absolute atomic E-state index is 12.8. The molecule has 2 N–H and O–H groups in total. The molecule has 7 nitrogen and oxygen atoms in total. The van der Waals surface area contributed by atoms with Gasteiger partial charge in [-0.25, -0.2) is 4.98 Å². The molecule has 150 valence electrons. The monoisotopic (exact) mass is 392 g/mol. The number of amides is 2. The first kappa shape index (κ1) is 20.1. The first-order chi connectivity index (χ1) is 14.0. The van der Waals surface area contributed by atoms with E-state index in [9.17, 15) is 9.59 Å². The van der Waals surface area contributed by atoms with Crippen molar-refractivity contribution in [1.29, 1.82) is 0 Å². The lowest BCUT2D eigenvalue weighted by Gasteiger charge is -2.22. The van der Waals surface area contributed by atoms with E-state index in [1.807, 2.05) is 48.9 Å². The predicted molar refractivity (Wildman–Crippen MR) is 111 cm³/mol. The van der Waals surface area contributed by atoms with Crippen LogP contribution in [0.5, 0.6) is 5.75 Å². The number of aromatic nitrogens is 2. The number of nitrogens with one attached hydrogen (secondary N) is 2. The number of hydrogen-bond donors (Lipinski definition) is 2. The largest absolute Gasteiger partial charge is 0.496 e. The van der Waals surface area contributed by atoms with Gasteiger partial charge >= 0.3 is 0 Å². The quantitative estimate of drug-likeness (QED) is 0.646. The molecule has 0 saturated heterocycles. The van der Waals surface area contributed by atoms with E-state index in [0.29, 0.717) is 17.0 Å². The van der Waals surface area contributed by atoms with Crippen LogP contribution in [0.25, 0.3) is 5.69 Å². The number of ether oxygens (including phenoxy) is 1. The Kier molecular flexibility index (Phi) is 6.29. The Morgan fingerprint density at radius 3 is 2.41 bits per heavy atom. The molecule has 1 unspecified atom stereocenters. The summed E-state index contributed by atoms with van der Waals surface area (Å²) in [5.41, 5.74) is 1.97. The molecule has 0 radical (unpaired) electrons. The van der Waals surface area contributed by atoms with Crippen LogP contribution in [0, 0.1) is 5.92 Å². The van der Waals surface area contributed by atoms with Gasteiger partial charge in [-0.1, -0.05) is 26.0 Å². The molecule has 0 spiro atoms. The zero-order chi connectivity index (χ0) is 20.8. The average Bonchev–Trinajstić information content (AvgIpc) is 3.27. The lowest BCUT2D eigenvalue weighted by Crippen LogP contribution is -2.47. The zero-order valence-corrected chi connectivity index (χ0v) is 16.6.